The van der Waals surface area contributed by atoms with Gasteiger partial charge in [0.2, 0.25) is 6.41 Å². The van der Waals surface area contributed by atoms with E-state index in [9.17, 15) is 4.79 Å². The molecular weight excluding hydrogens is 466 g/mol. The normalized spacial score (nSPS) is 11.8. The van der Waals surface area contributed by atoms with Crippen molar-refractivity contribution in [3.8, 4) is 16.9 Å². The van der Waals surface area contributed by atoms with Crippen molar-refractivity contribution in [2.45, 2.75) is 32.4 Å². The summed E-state index contributed by atoms with van der Waals surface area (Å²) in [5.41, 5.74) is 2.56. The first-order chi connectivity index (χ1) is 17.4. The summed E-state index contributed by atoms with van der Waals surface area (Å²) in [6.07, 6.45) is 4.49. The molecule has 6 nitrogen and oxygen atoms in total. The number of carbonyl (C=O) groups is 1. The van der Waals surface area contributed by atoms with Gasteiger partial charge in [-0.1, -0.05) is 87.5 Å². The summed E-state index contributed by atoms with van der Waals surface area (Å²) in [4.78, 5) is 10.8. The predicted octanol–water partition coefficient (Wildman–Crippen LogP) is 4.70. The summed E-state index contributed by atoms with van der Waals surface area (Å²) in [5.74, 6) is 0.599. The van der Waals surface area contributed by atoms with Crippen LogP contribution in [0.2, 0.25) is 5.04 Å². The zero-order valence-corrected chi connectivity index (χ0v) is 22.3. The van der Waals surface area contributed by atoms with Crippen LogP contribution < -0.4 is 20.4 Å². The van der Waals surface area contributed by atoms with Gasteiger partial charge < -0.3 is 14.5 Å². The largest absolute Gasteiger partial charge is 0.495 e. The van der Waals surface area contributed by atoms with Crippen molar-refractivity contribution < 1.29 is 14.0 Å². The molecule has 4 rings (SSSR count). The Kier molecular flexibility index (Phi) is 7.72. The first kappa shape index (κ1) is 25.4. The number of rotatable bonds is 10. The second-order valence-corrected chi connectivity index (χ2v) is 14.0. The highest BCUT2D eigenvalue weighted by molar-refractivity contribution is 6.99. The molecule has 4 aromatic rings. The Hall–Kier alpha value is -3.68. The summed E-state index contributed by atoms with van der Waals surface area (Å²) in [6.45, 7) is 8.01. The van der Waals surface area contributed by atoms with E-state index in [4.69, 9.17) is 9.16 Å². The molecule has 1 heterocycles. The van der Waals surface area contributed by atoms with E-state index in [2.05, 4.69) is 91.9 Å². The maximum absolute atomic E-state index is 10.8. The van der Waals surface area contributed by atoms with Crippen molar-refractivity contribution in [3.05, 3.63) is 91.3 Å². The van der Waals surface area contributed by atoms with Gasteiger partial charge in [-0.3, -0.25) is 9.48 Å². The average Bonchev–Trinajstić information content (AvgIpc) is 3.36. The lowest BCUT2D eigenvalue weighted by molar-refractivity contribution is -0.105. The molecule has 0 saturated heterocycles. The van der Waals surface area contributed by atoms with Crippen LogP contribution in [-0.2, 0) is 15.8 Å². The zero-order valence-electron chi connectivity index (χ0n) is 21.3. The van der Waals surface area contributed by atoms with E-state index in [1.807, 2.05) is 35.3 Å². The summed E-state index contributed by atoms with van der Waals surface area (Å²) in [7, 11) is -0.996. The molecule has 0 radical (unpaired) electrons. The SMILES string of the molecule is COc1cc(-c2cnn(CCO[Si](c3ccccc3)(c3ccccc3)C(C)(C)C)c2)ccc1NC=O. The van der Waals surface area contributed by atoms with Gasteiger partial charge in [0, 0.05) is 11.8 Å². The van der Waals surface area contributed by atoms with E-state index < -0.39 is 8.32 Å². The van der Waals surface area contributed by atoms with Crippen LogP contribution in [0.15, 0.2) is 91.3 Å². The van der Waals surface area contributed by atoms with Crippen LogP contribution in [0.25, 0.3) is 11.1 Å². The van der Waals surface area contributed by atoms with Crippen molar-refractivity contribution in [2.24, 2.45) is 0 Å². The van der Waals surface area contributed by atoms with Gasteiger partial charge >= 0.3 is 0 Å². The van der Waals surface area contributed by atoms with E-state index in [0.717, 1.165) is 11.1 Å². The van der Waals surface area contributed by atoms with Crippen molar-refractivity contribution in [2.75, 3.05) is 19.0 Å². The highest BCUT2D eigenvalue weighted by Crippen LogP contribution is 2.36. The van der Waals surface area contributed by atoms with Crippen LogP contribution in [0.1, 0.15) is 20.8 Å². The van der Waals surface area contributed by atoms with E-state index in [-0.39, 0.29) is 5.04 Å². The van der Waals surface area contributed by atoms with Crippen LogP contribution in [0.5, 0.6) is 5.75 Å². The monoisotopic (exact) mass is 499 g/mol. The highest BCUT2D eigenvalue weighted by atomic mass is 28.4. The van der Waals surface area contributed by atoms with Crippen LogP contribution in [0.3, 0.4) is 0 Å². The molecule has 1 N–H and O–H groups in total. The Balaban J connectivity index is 1.57. The first-order valence-electron chi connectivity index (χ1n) is 12.0. The molecule has 0 spiro atoms. The molecular formula is C29H33N3O3Si. The lowest BCUT2D eigenvalue weighted by Gasteiger charge is -2.43. The number of hydrogen-bond acceptors (Lipinski definition) is 4. The third kappa shape index (κ3) is 5.12. The number of carbonyl (C=O) groups excluding carboxylic acids is 1. The third-order valence-electron chi connectivity index (χ3n) is 6.44. The molecule has 0 aliphatic rings. The van der Waals surface area contributed by atoms with Gasteiger partial charge in [0.05, 0.1) is 32.1 Å². The minimum Gasteiger partial charge on any atom is -0.495 e. The Labute approximate surface area is 214 Å². The molecule has 7 heteroatoms. The number of methoxy groups -OCH3 is 1. The van der Waals surface area contributed by atoms with Gasteiger partial charge in [0.15, 0.2) is 0 Å². The quantitative estimate of drug-likeness (QED) is 0.254. The number of nitrogens with zero attached hydrogens (tertiary/aromatic N) is 2. The van der Waals surface area contributed by atoms with Crippen LogP contribution >= 0.6 is 0 Å². The van der Waals surface area contributed by atoms with E-state index in [0.29, 0.717) is 31.0 Å². The van der Waals surface area contributed by atoms with Gasteiger partial charge in [-0.2, -0.15) is 5.10 Å². The number of aromatic nitrogens is 2. The zero-order chi connectivity index (χ0) is 25.6. The molecule has 3 aromatic carbocycles. The smallest absolute Gasteiger partial charge is 0.261 e. The second kappa shape index (κ2) is 10.9. The molecule has 1 amide bonds. The lowest BCUT2D eigenvalue weighted by atomic mass is 10.1. The maximum atomic E-state index is 10.8. The summed E-state index contributed by atoms with van der Waals surface area (Å²) in [6, 6.07) is 27.0. The number of hydrogen-bond donors (Lipinski definition) is 1. The molecule has 1 aromatic heterocycles. The van der Waals surface area contributed by atoms with Gasteiger partial charge in [-0.25, -0.2) is 0 Å². The van der Waals surface area contributed by atoms with Crippen LogP contribution in [0, 0.1) is 0 Å². The molecule has 0 bridgehead atoms. The van der Waals surface area contributed by atoms with Crippen molar-refractivity contribution in [1.82, 2.24) is 9.78 Å². The number of ether oxygens (including phenoxy) is 1. The van der Waals surface area contributed by atoms with Gasteiger partial charge in [-0.05, 0) is 33.1 Å². The van der Waals surface area contributed by atoms with E-state index >= 15 is 0 Å². The molecule has 0 unspecified atom stereocenters. The number of amides is 1. The van der Waals surface area contributed by atoms with Gasteiger partial charge in [0.1, 0.15) is 5.75 Å². The fraction of sp³-hybridized carbons (Fsp3) is 0.241. The number of anilines is 1. The number of benzene rings is 3. The Morgan fingerprint density at radius 2 is 1.58 bits per heavy atom. The summed E-state index contributed by atoms with van der Waals surface area (Å²) >= 11 is 0. The van der Waals surface area contributed by atoms with E-state index in [1.165, 1.54) is 10.4 Å². The highest BCUT2D eigenvalue weighted by Gasteiger charge is 2.50. The predicted molar refractivity (Wildman–Crippen MR) is 147 cm³/mol. The molecule has 0 fully saturated rings. The summed E-state index contributed by atoms with van der Waals surface area (Å²) < 4.78 is 14.3. The van der Waals surface area contributed by atoms with Crippen molar-refractivity contribution >= 4 is 30.8 Å². The average molecular weight is 500 g/mol. The lowest BCUT2D eigenvalue weighted by Crippen LogP contribution is -2.66. The summed E-state index contributed by atoms with van der Waals surface area (Å²) in [5, 5.41) is 9.69. The van der Waals surface area contributed by atoms with Gasteiger partial charge in [-0.15, -0.1) is 0 Å². The molecule has 0 atom stereocenters. The fourth-order valence-corrected chi connectivity index (χ4v) is 9.30. The minimum absolute atomic E-state index is 0.0706. The Bertz CT molecular complexity index is 1240. The first-order valence-corrected chi connectivity index (χ1v) is 14.0. The topological polar surface area (TPSA) is 65.4 Å². The molecule has 0 aliphatic heterocycles. The number of nitrogens with one attached hydrogen (secondary N) is 1. The Morgan fingerprint density at radius 1 is 0.944 bits per heavy atom. The third-order valence-corrected chi connectivity index (χ3v) is 11.5. The maximum Gasteiger partial charge on any atom is 0.261 e. The van der Waals surface area contributed by atoms with Crippen molar-refractivity contribution in [3.63, 3.8) is 0 Å². The molecule has 0 saturated carbocycles. The molecule has 36 heavy (non-hydrogen) atoms. The molecule has 186 valence electrons. The Morgan fingerprint density at radius 3 is 2.14 bits per heavy atom. The van der Waals surface area contributed by atoms with Gasteiger partial charge in [0.25, 0.3) is 8.32 Å². The minimum atomic E-state index is -2.58. The molecule has 0 aliphatic carbocycles. The van der Waals surface area contributed by atoms with Crippen LogP contribution in [0.4, 0.5) is 5.69 Å². The van der Waals surface area contributed by atoms with Crippen LogP contribution in [-0.4, -0.2) is 38.2 Å². The van der Waals surface area contributed by atoms with Crippen molar-refractivity contribution in [1.29, 1.82) is 0 Å². The standard InChI is InChI=1S/C29H33N3O3Si/c1-29(2,3)36(25-11-7-5-8-12-25,26-13-9-6-10-14-26)35-18-17-32-21-24(20-31-32)23-15-16-27(30-22-33)28(19-23)34-4/h5-16,19-22H,17-18H2,1-4H3,(H,30,33). The second-order valence-electron chi connectivity index (χ2n) is 9.68. The fourth-order valence-electron chi connectivity index (χ4n) is 4.74. The van der Waals surface area contributed by atoms with E-state index in [1.54, 1.807) is 7.11 Å².